The number of benzene rings is 1. The normalized spacial score (nSPS) is 10.0. The summed E-state index contributed by atoms with van der Waals surface area (Å²) >= 11 is 0. The first kappa shape index (κ1) is 16.6. The van der Waals surface area contributed by atoms with Crippen molar-refractivity contribution in [3.8, 4) is 11.8 Å². The predicted molar refractivity (Wildman–Crippen MR) is 90.9 cm³/mol. The monoisotopic (exact) mass is 268 g/mol. The van der Waals surface area contributed by atoms with E-state index in [2.05, 4.69) is 58.2 Å². The largest absolute Gasteiger partial charge is 0.0979 e. The van der Waals surface area contributed by atoms with E-state index in [1.54, 1.807) is 0 Å². The van der Waals surface area contributed by atoms with Gasteiger partial charge in [-0.15, -0.1) is 0 Å². The molecule has 0 aliphatic carbocycles. The molecule has 0 unspecified atom stereocenters. The Balaban J connectivity index is 3.18. The number of hydrogen-bond acceptors (Lipinski definition) is 0. The van der Waals surface area contributed by atoms with Crippen LogP contribution in [-0.2, 0) is 6.42 Å². The maximum atomic E-state index is 4.13. The van der Waals surface area contributed by atoms with Crippen LogP contribution in [0, 0.1) is 18.8 Å². The molecule has 0 amide bonds. The third-order valence-electron chi connectivity index (χ3n) is 3.49. The lowest BCUT2D eigenvalue weighted by molar-refractivity contribution is 0.792. The standard InChI is InChI=1S/C20H28/c1-6-8-10-11-13-19-18(12-9-7-2)14-17(5)15-20(19)16(3)4/h14-15H,3,6-10,12H2,1-2,4-5H3. The van der Waals surface area contributed by atoms with Gasteiger partial charge in [-0.3, -0.25) is 0 Å². The molecule has 0 aliphatic heterocycles. The zero-order valence-corrected chi connectivity index (χ0v) is 13.6. The Morgan fingerprint density at radius 3 is 2.45 bits per heavy atom. The molecule has 0 aliphatic rings. The molecule has 1 aromatic carbocycles. The van der Waals surface area contributed by atoms with Gasteiger partial charge in [0.05, 0.1) is 0 Å². The molecule has 1 rings (SSSR count). The van der Waals surface area contributed by atoms with Crippen LogP contribution < -0.4 is 0 Å². The second-order valence-electron chi connectivity index (χ2n) is 5.64. The van der Waals surface area contributed by atoms with Gasteiger partial charge in [-0.05, 0) is 49.8 Å². The molecule has 0 N–H and O–H groups in total. The summed E-state index contributed by atoms with van der Waals surface area (Å²) in [5.41, 5.74) is 6.28. The van der Waals surface area contributed by atoms with Crippen LogP contribution in [0.25, 0.3) is 5.57 Å². The topological polar surface area (TPSA) is 0 Å². The lowest BCUT2D eigenvalue weighted by atomic mass is 9.92. The van der Waals surface area contributed by atoms with Crippen molar-refractivity contribution >= 4 is 5.57 Å². The Labute approximate surface area is 125 Å². The Hall–Kier alpha value is -1.48. The first-order valence-corrected chi connectivity index (χ1v) is 7.88. The van der Waals surface area contributed by atoms with Gasteiger partial charge < -0.3 is 0 Å². The summed E-state index contributed by atoms with van der Waals surface area (Å²) in [7, 11) is 0. The average molecular weight is 268 g/mol. The third-order valence-corrected chi connectivity index (χ3v) is 3.49. The van der Waals surface area contributed by atoms with E-state index in [0.717, 1.165) is 18.4 Å². The fraction of sp³-hybridized carbons (Fsp3) is 0.500. The molecule has 0 bridgehead atoms. The minimum Gasteiger partial charge on any atom is -0.0979 e. The molecule has 1 aromatic rings. The van der Waals surface area contributed by atoms with Crippen LogP contribution in [0.5, 0.6) is 0 Å². The Bertz CT molecular complexity index is 509. The highest BCUT2D eigenvalue weighted by Gasteiger charge is 2.08. The van der Waals surface area contributed by atoms with E-state index >= 15 is 0 Å². The van der Waals surface area contributed by atoms with Crippen LogP contribution in [0.2, 0.25) is 0 Å². The fourth-order valence-electron chi connectivity index (χ4n) is 2.33. The lowest BCUT2D eigenvalue weighted by Crippen LogP contribution is -1.97. The second-order valence-corrected chi connectivity index (χ2v) is 5.64. The summed E-state index contributed by atoms with van der Waals surface area (Å²) in [6.07, 6.45) is 6.95. The van der Waals surface area contributed by atoms with E-state index in [1.165, 1.54) is 47.9 Å². The molecule has 0 saturated carbocycles. The van der Waals surface area contributed by atoms with Crippen molar-refractivity contribution in [2.45, 2.75) is 66.2 Å². The molecule has 0 radical (unpaired) electrons. The molecule has 108 valence electrons. The number of aryl methyl sites for hydroxylation is 2. The molecule has 0 fully saturated rings. The van der Waals surface area contributed by atoms with Crippen molar-refractivity contribution < 1.29 is 0 Å². The van der Waals surface area contributed by atoms with Crippen LogP contribution in [-0.4, -0.2) is 0 Å². The first-order valence-electron chi connectivity index (χ1n) is 7.88. The van der Waals surface area contributed by atoms with Crippen LogP contribution in [0.3, 0.4) is 0 Å². The van der Waals surface area contributed by atoms with E-state index in [1.807, 2.05) is 0 Å². The maximum Gasteiger partial charge on any atom is 0.0352 e. The number of allylic oxidation sites excluding steroid dienone is 1. The Morgan fingerprint density at radius 2 is 1.85 bits per heavy atom. The van der Waals surface area contributed by atoms with Gasteiger partial charge in [0, 0.05) is 12.0 Å². The average Bonchev–Trinajstić information content (AvgIpc) is 2.42. The van der Waals surface area contributed by atoms with Crippen molar-refractivity contribution in [1.82, 2.24) is 0 Å². The van der Waals surface area contributed by atoms with E-state index < -0.39 is 0 Å². The van der Waals surface area contributed by atoms with Gasteiger partial charge >= 0.3 is 0 Å². The Kier molecular flexibility index (Phi) is 7.16. The van der Waals surface area contributed by atoms with Crippen molar-refractivity contribution in [2.75, 3.05) is 0 Å². The minimum atomic E-state index is 0.993. The Morgan fingerprint density at radius 1 is 1.15 bits per heavy atom. The fourth-order valence-corrected chi connectivity index (χ4v) is 2.33. The predicted octanol–water partition coefficient (Wildman–Crippen LogP) is 5.91. The third kappa shape index (κ3) is 4.89. The summed E-state index contributed by atoms with van der Waals surface area (Å²) in [6.45, 7) is 12.8. The smallest absolute Gasteiger partial charge is 0.0352 e. The summed E-state index contributed by atoms with van der Waals surface area (Å²) in [6, 6.07) is 4.52. The van der Waals surface area contributed by atoms with E-state index in [0.29, 0.717) is 0 Å². The molecule has 0 saturated heterocycles. The van der Waals surface area contributed by atoms with Gasteiger partial charge in [0.25, 0.3) is 0 Å². The highest BCUT2D eigenvalue weighted by atomic mass is 14.1. The number of unbranched alkanes of at least 4 members (excludes halogenated alkanes) is 3. The molecule has 0 atom stereocenters. The second kappa shape index (κ2) is 8.64. The number of rotatable bonds is 6. The first-order chi connectivity index (χ1) is 9.60. The molecule has 0 heterocycles. The molecule has 0 heteroatoms. The molecule has 0 spiro atoms. The van der Waals surface area contributed by atoms with E-state index in [-0.39, 0.29) is 0 Å². The SMILES string of the molecule is C=C(C)c1cc(C)cc(CCCC)c1C#CCCCC. The van der Waals surface area contributed by atoms with Crippen molar-refractivity contribution in [3.05, 3.63) is 41.0 Å². The molecule has 0 nitrogen and oxygen atoms in total. The van der Waals surface area contributed by atoms with Crippen LogP contribution in [0.4, 0.5) is 0 Å². The van der Waals surface area contributed by atoms with Gasteiger partial charge in [0.15, 0.2) is 0 Å². The summed E-state index contributed by atoms with van der Waals surface area (Å²) < 4.78 is 0. The minimum absolute atomic E-state index is 0.993. The van der Waals surface area contributed by atoms with Gasteiger partial charge in [-0.1, -0.05) is 62.8 Å². The highest BCUT2D eigenvalue weighted by Crippen LogP contribution is 2.24. The molecular formula is C20H28. The summed E-state index contributed by atoms with van der Waals surface area (Å²) in [5.74, 6) is 6.77. The van der Waals surface area contributed by atoms with Gasteiger partial charge in [-0.25, -0.2) is 0 Å². The molecular weight excluding hydrogens is 240 g/mol. The molecule has 20 heavy (non-hydrogen) atoms. The number of hydrogen-bond donors (Lipinski definition) is 0. The maximum absolute atomic E-state index is 4.13. The lowest BCUT2D eigenvalue weighted by Gasteiger charge is -2.12. The van der Waals surface area contributed by atoms with Gasteiger partial charge in [-0.2, -0.15) is 0 Å². The quantitative estimate of drug-likeness (QED) is 0.444. The zero-order valence-electron chi connectivity index (χ0n) is 13.6. The van der Waals surface area contributed by atoms with Crippen LogP contribution >= 0.6 is 0 Å². The highest BCUT2D eigenvalue weighted by molar-refractivity contribution is 5.70. The zero-order chi connectivity index (χ0) is 15.0. The van der Waals surface area contributed by atoms with Crippen LogP contribution in [0.15, 0.2) is 18.7 Å². The van der Waals surface area contributed by atoms with E-state index in [4.69, 9.17) is 0 Å². The van der Waals surface area contributed by atoms with Crippen molar-refractivity contribution in [2.24, 2.45) is 0 Å². The molecule has 0 aromatic heterocycles. The summed E-state index contributed by atoms with van der Waals surface area (Å²) in [4.78, 5) is 0. The van der Waals surface area contributed by atoms with Crippen LogP contribution in [0.1, 0.15) is 75.1 Å². The van der Waals surface area contributed by atoms with Gasteiger partial charge in [0.2, 0.25) is 0 Å². The van der Waals surface area contributed by atoms with Crippen molar-refractivity contribution in [1.29, 1.82) is 0 Å². The summed E-state index contributed by atoms with van der Waals surface area (Å²) in [5, 5.41) is 0. The van der Waals surface area contributed by atoms with Gasteiger partial charge in [0.1, 0.15) is 0 Å². The van der Waals surface area contributed by atoms with Crippen molar-refractivity contribution in [3.63, 3.8) is 0 Å². The van der Waals surface area contributed by atoms with E-state index in [9.17, 15) is 0 Å².